The van der Waals surface area contributed by atoms with E-state index in [-0.39, 0.29) is 5.91 Å². The van der Waals surface area contributed by atoms with Crippen molar-refractivity contribution in [3.8, 4) is 5.75 Å². The van der Waals surface area contributed by atoms with Crippen molar-refractivity contribution >= 4 is 17.2 Å². The summed E-state index contributed by atoms with van der Waals surface area (Å²) in [5.41, 5.74) is 1.73. The van der Waals surface area contributed by atoms with Gasteiger partial charge < -0.3 is 14.8 Å². The van der Waals surface area contributed by atoms with Crippen LogP contribution in [0.4, 0.5) is 0 Å². The molecular formula is C18H24N4O3S. The van der Waals surface area contributed by atoms with Gasteiger partial charge in [-0.05, 0) is 19.1 Å². The molecule has 0 aromatic carbocycles. The summed E-state index contributed by atoms with van der Waals surface area (Å²) in [5.74, 6) is 0.715. The lowest BCUT2D eigenvalue weighted by Crippen LogP contribution is -2.41. The second-order valence-electron chi connectivity index (χ2n) is 6.14. The quantitative estimate of drug-likeness (QED) is 0.751. The number of morpholine rings is 1. The zero-order valence-electron chi connectivity index (χ0n) is 14.9. The highest BCUT2D eigenvalue weighted by Gasteiger charge is 2.11. The van der Waals surface area contributed by atoms with E-state index in [1.54, 1.807) is 6.20 Å². The van der Waals surface area contributed by atoms with Crippen LogP contribution in [0.2, 0.25) is 0 Å². The number of rotatable bonds is 8. The third kappa shape index (κ3) is 6.05. The molecule has 1 saturated heterocycles. The molecule has 1 amide bonds. The number of pyridine rings is 1. The molecule has 26 heavy (non-hydrogen) atoms. The smallest absolute Gasteiger partial charge is 0.226 e. The van der Waals surface area contributed by atoms with Crippen LogP contribution in [0, 0.1) is 6.92 Å². The zero-order chi connectivity index (χ0) is 18.2. The van der Waals surface area contributed by atoms with Crippen molar-refractivity contribution in [2.24, 2.45) is 0 Å². The predicted octanol–water partition coefficient (Wildman–Crippen LogP) is 1.42. The average molecular weight is 376 g/mol. The molecule has 2 aromatic rings. The molecule has 0 saturated carbocycles. The number of carbonyl (C=O) groups excluding carboxylic acids is 1. The van der Waals surface area contributed by atoms with E-state index in [4.69, 9.17) is 9.47 Å². The second kappa shape index (κ2) is 9.61. The molecule has 0 radical (unpaired) electrons. The first-order chi connectivity index (χ1) is 12.7. The standard InChI is InChI=1S/C18H24N4O3S/c1-14-2-3-16(11-20-14)25-12-18-21-15(13-26-18)10-17(23)19-4-5-22-6-8-24-9-7-22/h2-3,11,13H,4-10,12H2,1H3,(H,19,23). The maximum Gasteiger partial charge on any atom is 0.226 e. The number of nitrogens with zero attached hydrogens (tertiary/aromatic N) is 3. The molecule has 3 heterocycles. The van der Waals surface area contributed by atoms with Crippen LogP contribution in [0.25, 0.3) is 0 Å². The fourth-order valence-corrected chi connectivity index (χ4v) is 3.29. The zero-order valence-corrected chi connectivity index (χ0v) is 15.8. The Hall–Kier alpha value is -2.03. The van der Waals surface area contributed by atoms with Gasteiger partial charge in [0.05, 0.1) is 31.5 Å². The molecule has 0 aliphatic carbocycles. The Balaban J connectivity index is 1.37. The first kappa shape index (κ1) is 18.8. The van der Waals surface area contributed by atoms with Gasteiger partial charge in [-0.15, -0.1) is 11.3 Å². The van der Waals surface area contributed by atoms with Crippen molar-refractivity contribution in [3.63, 3.8) is 0 Å². The lowest BCUT2D eigenvalue weighted by Gasteiger charge is -2.26. The number of nitrogens with one attached hydrogen (secondary N) is 1. The van der Waals surface area contributed by atoms with Crippen molar-refractivity contribution in [3.05, 3.63) is 40.1 Å². The van der Waals surface area contributed by atoms with Crippen molar-refractivity contribution in [1.29, 1.82) is 0 Å². The molecule has 7 nitrogen and oxygen atoms in total. The van der Waals surface area contributed by atoms with Gasteiger partial charge >= 0.3 is 0 Å². The molecule has 0 bridgehead atoms. The van der Waals surface area contributed by atoms with Crippen LogP contribution in [-0.2, 0) is 22.6 Å². The Morgan fingerprint density at radius 2 is 2.23 bits per heavy atom. The molecule has 1 N–H and O–H groups in total. The SMILES string of the molecule is Cc1ccc(OCc2nc(CC(=O)NCCN3CCOCC3)cs2)cn1. The van der Waals surface area contributed by atoms with E-state index >= 15 is 0 Å². The van der Waals surface area contributed by atoms with Crippen LogP contribution in [-0.4, -0.2) is 60.2 Å². The molecule has 1 aliphatic heterocycles. The first-order valence-electron chi connectivity index (χ1n) is 8.74. The van der Waals surface area contributed by atoms with Crippen LogP contribution in [0.3, 0.4) is 0 Å². The van der Waals surface area contributed by atoms with E-state index in [1.807, 2.05) is 24.4 Å². The molecule has 0 atom stereocenters. The second-order valence-corrected chi connectivity index (χ2v) is 7.08. The van der Waals surface area contributed by atoms with Crippen molar-refractivity contribution in [2.75, 3.05) is 39.4 Å². The van der Waals surface area contributed by atoms with Crippen LogP contribution in [0.1, 0.15) is 16.4 Å². The molecule has 8 heteroatoms. The minimum Gasteiger partial charge on any atom is -0.485 e. The maximum atomic E-state index is 12.0. The van der Waals surface area contributed by atoms with Crippen LogP contribution < -0.4 is 10.1 Å². The van der Waals surface area contributed by atoms with Crippen molar-refractivity contribution in [1.82, 2.24) is 20.2 Å². The fraction of sp³-hybridized carbons (Fsp3) is 0.500. The fourth-order valence-electron chi connectivity index (χ4n) is 2.59. The van der Waals surface area contributed by atoms with Gasteiger partial charge in [-0.1, -0.05) is 0 Å². The summed E-state index contributed by atoms with van der Waals surface area (Å²) in [4.78, 5) is 23.0. The predicted molar refractivity (Wildman–Crippen MR) is 99.4 cm³/mol. The summed E-state index contributed by atoms with van der Waals surface area (Å²) in [6.07, 6.45) is 2.00. The Labute approximate surface area is 157 Å². The van der Waals surface area contributed by atoms with E-state index < -0.39 is 0 Å². The molecule has 0 spiro atoms. The Kier molecular flexibility index (Phi) is 6.93. The lowest BCUT2D eigenvalue weighted by molar-refractivity contribution is -0.120. The Morgan fingerprint density at radius 3 is 3.00 bits per heavy atom. The van der Waals surface area contributed by atoms with E-state index in [0.717, 1.165) is 49.2 Å². The highest BCUT2D eigenvalue weighted by atomic mass is 32.1. The maximum absolute atomic E-state index is 12.0. The number of aromatic nitrogens is 2. The molecular weight excluding hydrogens is 352 g/mol. The van der Waals surface area contributed by atoms with E-state index in [9.17, 15) is 4.79 Å². The number of hydrogen-bond donors (Lipinski definition) is 1. The van der Waals surface area contributed by atoms with Crippen LogP contribution in [0.5, 0.6) is 5.75 Å². The topological polar surface area (TPSA) is 76.6 Å². The highest BCUT2D eigenvalue weighted by Crippen LogP contribution is 2.15. The van der Waals surface area contributed by atoms with Crippen molar-refractivity contribution < 1.29 is 14.3 Å². The monoisotopic (exact) mass is 376 g/mol. The van der Waals surface area contributed by atoms with Gasteiger partial charge in [0.1, 0.15) is 17.4 Å². The minimum atomic E-state index is -0.00115. The van der Waals surface area contributed by atoms with Gasteiger partial charge in [-0.2, -0.15) is 0 Å². The summed E-state index contributed by atoms with van der Waals surface area (Å²) in [6.45, 7) is 7.24. The Morgan fingerprint density at radius 1 is 1.38 bits per heavy atom. The minimum absolute atomic E-state index is 0.00115. The summed E-state index contributed by atoms with van der Waals surface area (Å²) < 4.78 is 11.0. The summed E-state index contributed by atoms with van der Waals surface area (Å²) in [6, 6.07) is 3.79. The summed E-state index contributed by atoms with van der Waals surface area (Å²) in [7, 11) is 0. The number of thiazole rings is 1. The lowest BCUT2D eigenvalue weighted by atomic mass is 10.3. The summed E-state index contributed by atoms with van der Waals surface area (Å²) in [5, 5.41) is 5.71. The van der Waals surface area contributed by atoms with Gasteiger partial charge in [-0.3, -0.25) is 14.7 Å². The molecule has 2 aromatic heterocycles. The first-order valence-corrected chi connectivity index (χ1v) is 9.62. The van der Waals surface area contributed by atoms with E-state index in [0.29, 0.717) is 25.3 Å². The van der Waals surface area contributed by atoms with Gasteiger partial charge in [-0.25, -0.2) is 4.98 Å². The third-order valence-electron chi connectivity index (χ3n) is 4.04. The summed E-state index contributed by atoms with van der Waals surface area (Å²) >= 11 is 1.50. The molecule has 3 rings (SSSR count). The highest BCUT2D eigenvalue weighted by molar-refractivity contribution is 7.09. The Bertz CT molecular complexity index is 699. The van der Waals surface area contributed by atoms with Gasteiger partial charge in [0.25, 0.3) is 0 Å². The van der Waals surface area contributed by atoms with Crippen molar-refractivity contribution in [2.45, 2.75) is 20.0 Å². The number of ether oxygens (including phenoxy) is 2. The molecule has 1 aliphatic rings. The van der Waals surface area contributed by atoms with Gasteiger partial charge in [0, 0.05) is 37.3 Å². The number of aryl methyl sites for hydroxylation is 1. The van der Waals surface area contributed by atoms with Gasteiger partial charge in [0.2, 0.25) is 5.91 Å². The van der Waals surface area contributed by atoms with Gasteiger partial charge in [0.15, 0.2) is 0 Å². The average Bonchev–Trinajstić information content (AvgIpc) is 3.09. The molecule has 0 unspecified atom stereocenters. The number of hydrogen-bond acceptors (Lipinski definition) is 7. The molecule has 140 valence electrons. The van der Waals surface area contributed by atoms with Crippen LogP contribution in [0.15, 0.2) is 23.7 Å². The molecule has 1 fully saturated rings. The number of carbonyl (C=O) groups is 1. The van der Waals surface area contributed by atoms with E-state index in [2.05, 4.69) is 20.2 Å². The number of amides is 1. The van der Waals surface area contributed by atoms with Crippen LogP contribution >= 0.6 is 11.3 Å². The third-order valence-corrected chi connectivity index (χ3v) is 4.91. The normalized spacial score (nSPS) is 15.0. The van der Waals surface area contributed by atoms with E-state index in [1.165, 1.54) is 11.3 Å². The largest absolute Gasteiger partial charge is 0.485 e.